The molecule has 6 nitrogen and oxygen atoms in total. The normalized spacial score (nSPS) is 20.9. The minimum Gasteiger partial charge on any atom is -0.466 e. The largest absolute Gasteiger partial charge is 0.466 e. The van der Waals surface area contributed by atoms with E-state index >= 15 is 0 Å². The number of benzene rings is 2. The predicted octanol–water partition coefficient (Wildman–Crippen LogP) is 3.08. The topological polar surface area (TPSA) is 71.1 Å². The summed E-state index contributed by atoms with van der Waals surface area (Å²) >= 11 is 5.93. The number of hydrogen-bond acceptors (Lipinski definition) is 6. The number of hydrogen-bond donors (Lipinski definition) is 0. The van der Waals surface area contributed by atoms with E-state index in [0.29, 0.717) is 10.6 Å². The molecule has 1 aliphatic rings. The van der Waals surface area contributed by atoms with Gasteiger partial charge in [0.1, 0.15) is 6.10 Å². The first kappa shape index (κ1) is 19.4. The smallest absolute Gasteiger partial charge is 0.353 e. The number of carbonyl (C=O) groups is 2. The summed E-state index contributed by atoms with van der Waals surface area (Å²) in [7, 11) is 2.37. The fraction of sp³-hybridized carbons (Fsp3) is 0.300. The van der Waals surface area contributed by atoms with Crippen LogP contribution >= 0.6 is 11.6 Å². The molecular weight excluding hydrogens is 372 g/mol. The highest BCUT2D eigenvalue weighted by atomic mass is 35.5. The maximum absolute atomic E-state index is 12.6. The van der Waals surface area contributed by atoms with Crippen LogP contribution in [-0.4, -0.2) is 37.9 Å². The molecule has 0 bridgehead atoms. The fourth-order valence-corrected chi connectivity index (χ4v) is 3.18. The average Bonchev–Trinajstić information content (AvgIpc) is 3.08. The molecule has 1 fully saturated rings. The Labute approximate surface area is 161 Å². The molecule has 2 atom stereocenters. The average molecular weight is 391 g/mol. The molecule has 27 heavy (non-hydrogen) atoms. The van der Waals surface area contributed by atoms with Gasteiger partial charge in [0.05, 0.1) is 14.2 Å². The number of halogens is 1. The molecular formula is C20H19ClO6. The van der Waals surface area contributed by atoms with Gasteiger partial charge in [-0.05, 0) is 17.7 Å². The zero-order valence-electron chi connectivity index (χ0n) is 14.9. The first-order chi connectivity index (χ1) is 13.0. The Morgan fingerprint density at radius 1 is 1.00 bits per heavy atom. The quantitative estimate of drug-likeness (QED) is 0.577. The van der Waals surface area contributed by atoms with Gasteiger partial charge in [0.2, 0.25) is 0 Å². The molecule has 7 heteroatoms. The van der Waals surface area contributed by atoms with Crippen LogP contribution in [0.2, 0.25) is 5.02 Å². The van der Waals surface area contributed by atoms with Crippen molar-refractivity contribution in [2.45, 2.75) is 24.4 Å². The first-order valence-electron chi connectivity index (χ1n) is 8.30. The van der Waals surface area contributed by atoms with Gasteiger partial charge in [-0.2, -0.15) is 0 Å². The van der Waals surface area contributed by atoms with Crippen LogP contribution in [0.15, 0.2) is 54.6 Å². The van der Waals surface area contributed by atoms with Crippen LogP contribution < -0.4 is 0 Å². The van der Waals surface area contributed by atoms with E-state index in [4.69, 9.17) is 30.5 Å². The molecule has 0 saturated carbocycles. The molecule has 0 spiro atoms. The standard InChI is InChI=1S/C20H19ClO6/c1-24-18(22)20(19(23)25-2)16(12-13-6-4-3-5-7-13)26-17(27-20)14-8-10-15(21)11-9-14/h3-11,16-17H,12H2,1-2H3/t16-,17-/m0/s1. The maximum atomic E-state index is 12.6. The Morgan fingerprint density at radius 3 is 2.15 bits per heavy atom. The van der Waals surface area contributed by atoms with E-state index in [9.17, 15) is 9.59 Å². The summed E-state index contributed by atoms with van der Waals surface area (Å²) in [4.78, 5) is 25.2. The van der Waals surface area contributed by atoms with Crippen molar-refractivity contribution in [2.75, 3.05) is 14.2 Å². The van der Waals surface area contributed by atoms with E-state index in [1.54, 1.807) is 24.3 Å². The number of methoxy groups -OCH3 is 2. The third-order valence-electron chi connectivity index (χ3n) is 4.42. The third-order valence-corrected chi connectivity index (χ3v) is 4.67. The van der Waals surface area contributed by atoms with Gasteiger partial charge in [-0.15, -0.1) is 0 Å². The molecule has 1 aliphatic heterocycles. The van der Waals surface area contributed by atoms with E-state index in [-0.39, 0.29) is 6.42 Å². The lowest BCUT2D eigenvalue weighted by atomic mass is 9.91. The van der Waals surface area contributed by atoms with Gasteiger partial charge < -0.3 is 18.9 Å². The zero-order chi connectivity index (χ0) is 19.4. The van der Waals surface area contributed by atoms with Gasteiger partial charge in [-0.3, -0.25) is 0 Å². The van der Waals surface area contributed by atoms with Crippen LogP contribution in [0, 0.1) is 0 Å². The molecule has 3 rings (SSSR count). The summed E-state index contributed by atoms with van der Waals surface area (Å²) in [6.07, 6.45) is -1.62. The third kappa shape index (κ3) is 3.69. The van der Waals surface area contributed by atoms with Crippen LogP contribution in [0.1, 0.15) is 17.4 Å². The molecule has 2 aromatic carbocycles. The summed E-state index contributed by atoms with van der Waals surface area (Å²) in [5.41, 5.74) is -0.531. The van der Waals surface area contributed by atoms with E-state index in [1.807, 2.05) is 30.3 Å². The lowest BCUT2D eigenvalue weighted by molar-refractivity contribution is -0.188. The van der Waals surface area contributed by atoms with Crippen LogP contribution in [-0.2, 0) is 35.0 Å². The van der Waals surface area contributed by atoms with Crippen molar-refractivity contribution in [3.05, 3.63) is 70.7 Å². The second-order valence-electron chi connectivity index (χ2n) is 6.03. The minimum absolute atomic E-state index is 0.259. The molecule has 0 aromatic heterocycles. The Kier molecular flexibility index (Phi) is 5.79. The van der Waals surface area contributed by atoms with Gasteiger partial charge in [-0.25, -0.2) is 9.59 Å². The van der Waals surface area contributed by atoms with Gasteiger partial charge in [-0.1, -0.05) is 54.1 Å². The van der Waals surface area contributed by atoms with E-state index in [2.05, 4.69) is 0 Å². The summed E-state index contributed by atoms with van der Waals surface area (Å²) in [5.74, 6) is -1.74. The molecule has 1 saturated heterocycles. The highest BCUT2D eigenvalue weighted by Gasteiger charge is 2.63. The number of carbonyl (C=O) groups excluding carboxylic acids is 2. The van der Waals surface area contributed by atoms with Crippen LogP contribution in [0.5, 0.6) is 0 Å². The molecule has 0 unspecified atom stereocenters. The molecule has 0 amide bonds. The van der Waals surface area contributed by atoms with Gasteiger partial charge in [0.15, 0.2) is 6.29 Å². The second kappa shape index (κ2) is 8.08. The summed E-state index contributed by atoms with van der Waals surface area (Å²) in [6.45, 7) is 0. The Morgan fingerprint density at radius 2 is 1.59 bits per heavy atom. The van der Waals surface area contributed by atoms with Gasteiger partial charge in [0.25, 0.3) is 5.60 Å². The predicted molar refractivity (Wildman–Crippen MR) is 97.1 cm³/mol. The SMILES string of the molecule is COC(=O)C1(C(=O)OC)O[C@@H](c2ccc(Cl)cc2)O[C@H]1Cc1ccccc1. The van der Waals surface area contributed by atoms with Crippen molar-refractivity contribution in [3.8, 4) is 0 Å². The Bertz CT molecular complexity index is 789. The maximum Gasteiger partial charge on any atom is 0.353 e. The zero-order valence-corrected chi connectivity index (χ0v) is 15.6. The van der Waals surface area contributed by atoms with Crippen molar-refractivity contribution >= 4 is 23.5 Å². The lowest BCUT2D eigenvalue weighted by Gasteiger charge is -2.26. The van der Waals surface area contributed by atoms with E-state index < -0.39 is 29.9 Å². The van der Waals surface area contributed by atoms with Crippen molar-refractivity contribution < 1.29 is 28.5 Å². The van der Waals surface area contributed by atoms with E-state index in [0.717, 1.165) is 5.56 Å². The minimum atomic E-state index is -2.02. The lowest BCUT2D eigenvalue weighted by Crippen LogP contribution is -2.56. The van der Waals surface area contributed by atoms with Crippen LogP contribution in [0.3, 0.4) is 0 Å². The number of esters is 2. The van der Waals surface area contributed by atoms with Crippen LogP contribution in [0.25, 0.3) is 0 Å². The highest BCUT2D eigenvalue weighted by molar-refractivity contribution is 6.30. The fourth-order valence-electron chi connectivity index (χ4n) is 3.05. The monoisotopic (exact) mass is 390 g/mol. The van der Waals surface area contributed by atoms with Gasteiger partial charge in [0, 0.05) is 17.0 Å². The summed E-state index contributed by atoms with van der Waals surface area (Å²) < 4.78 is 21.6. The number of rotatable bonds is 5. The van der Waals surface area contributed by atoms with Crippen molar-refractivity contribution in [1.29, 1.82) is 0 Å². The molecule has 0 N–H and O–H groups in total. The molecule has 142 valence electrons. The molecule has 2 aromatic rings. The van der Waals surface area contributed by atoms with Crippen molar-refractivity contribution in [3.63, 3.8) is 0 Å². The second-order valence-corrected chi connectivity index (χ2v) is 6.47. The van der Waals surface area contributed by atoms with Crippen molar-refractivity contribution in [1.82, 2.24) is 0 Å². The van der Waals surface area contributed by atoms with E-state index in [1.165, 1.54) is 14.2 Å². The molecule has 0 radical (unpaired) electrons. The first-order valence-corrected chi connectivity index (χ1v) is 8.68. The van der Waals surface area contributed by atoms with Crippen LogP contribution in [0.4, 0.5) is 0 Å². The van der Waals surface area contributed by atoms with Crippen molar-refractivity contribution in [2.24, 2.45) is 0 Å². The summed E-state index contributed by atoms with van der Waals surface area (Å²) in [5, 5.41) is 0.546. The van der Waals surface area contributed by atoms with Gasteiger partial charge >= 0.3 is 11.9 Å². The highest BCUT2D eigenvalue weighted by Crippen LogP contribution is 2.41. The Hall–Kier alpha value is -2.41. The Balaban J connectivity index is 2.00. The number of ether oxygens (including phenoxy) is 4. The molecule has 1 heterocycles. The summed E-state index contributed by atoms with van der Waals surface area (Å²) in [6, 6.07) is 16.1. The molecule has 0 aliphatic carbocycles.